The Kier molecular flexibility index (Phi) is 4.51. The molecule has 0 aliphatic carbocycles. The van der Waals surface area contributed by atoms with E-state index >= 15 is 0 Å². The van der Waals surface area contributed by atoms with E-state index in [1.54, 1.807) is 0 Å². The highest BCUT2D eigenvalue weighted by Crippen LogP contribution is 2.15. The van der Waals surface area contributed by atoms with Crippen LogP contribution in [-0.2, 0) is 0 Å². The number of nitrogens with two attached hydrogens (primary N) is 1. The summed E-state index contributed by atoms with van der Waals surface area (Å²) in [6.45, 7) is 1.61. The molecule has 3 nitrogen and oxygen atoms in total. The van der Waals surface area contributed by atoms with Gasteiger partial charge < -0.3 is 11.1 Å². The SMILES string of the molecule is Cc1ccc(F)c(C(=O)NCCC(N)=S)c1F. The number of amides is 1. The van der Waals surface area contributed by atoms with Gasteiger partial charge in [0.2, 0.25) is 0 Å². The average Bonchev–Trinajstić information content (AvgIpc) is 2.23. The van der Waals surface area contributed by atoms with E-state index in [0.717, 1.165) is 6.07 Å². The standard InChI is InChI=1S/C11H12F2N2OS/c1-6-2-3-7(12)9(10(6)13)11(16)15-5-4-8(14)17/h2-3H,4-5H2,1H3,(H2,14,17)(H,15,16). The van der Waals surface area contributed by atoms with Gasteiger partial charge in [0.1, 0.15) is 17.2 Å². The molecule has 0 radical (unpaired) electrons. The number of hydrogen-bond acceptors (Lipinski definition) is 2. The van der Waals surface area contributed by atoms with Gasteiger partial charge in [-0.25, -0.2) is 8.78 Å². The molecule has 6 heteroatoms. The van der Waals surface area contributed by atoms with Crippen LogP contribution in [0.2, 0.25) is 0 Å². The zero-order chi connectivity index (χ0) is 13.0. The van der Waals surface area contributed by atoms with Gasteiger partial charge in [0.15, 0.2) is 0 Å². The number of carbonyl (C=O) groups excluding carboxylic acids is 1. The topological polar surface area (TPSA) is 55.1 Å². The summed E-state index contributed by atoms with van der Waals surface area (Å²) in [7, 11) is 0. The third-order valence-electron chi connectivity index (χ3n) is 2.17. The normalized spacial score (nSPS) is 10.1. The number of carbonyl (C=O) groups is 1. The smallest absolute Gasteiger partial charge is 0.257 e. The predicted octanol–water partition coefficient (Wildman–Crippen LogP) is 1.68. The highest BCUT2D eigenvalue weighted by atomic mass is 32.1. The van der Waals surface area contributed by atoms with Crippen LogP contribution in [0.1, 0.15) is 22.3 Å². The molecule has 17 heavy (non-hydrogen) atoms. The lowest BCUT2D eigenvalue weighted by Crippen LogP contribution is -2.29. The summed E-state index contributed by atoms with van der Waals surface area (Å²) in [6, 6.07) is 2.33. The van der Waals surface area contributed by atoms with Gasteiger partial charge in [0.25, 0.3) is 5.91 Å². The van der Waals surface area contributed by atoms with Crippen LogP contribution >= 0.6 is 12.2 Å². The van der Waals surface area contributed by atoms with E-state index in [1.165, 1.54) is 13.0 Å². The maximum absolute atomic E-state index is 13.5. The molecule has 0 saturated carbocycles. The van der Waals surface area contributed by atoms with Crippen LogP contribution in [0.3, 0.4) is 0 Å². The molecule has 0 fully saturated rings. The van der Waals surface area contributed by atoms with Gasteiger partial charge in [0, 0.05) is 13.0 Å². The van der Waals surface area contributed by atoms with Crippen molar-refractivity contribution < 1.29 is 13.6 Å². The lowest BCUT2D eigenvalue weighted by molar-refractivity contribution is 0.0946. The molecular weight excluding hydrogens is 246 g/mol. The molecule has 0 aromatic heterocycles. The molecule has 0 saturated heterocycles. The highest BCUT2D eigenvalue weighted by molar-refractivity contribution is 7.80. The Bertz CT molecular complexity index is 463. The minimum atomic E-state index is -0.888. The minimum Gasteiger partial charge on any atom is -0.393 e. The number of rotatable bonds is 4. The van der Waals surface area contributed by atoms with Crippen LogP contribution in [0.15, 0.2) is 12.1 Å². The first-order valence-corrected chi connectivity index (χ1v) is 5.35. The summed E-state index contributed by atoms with van der Waals surface area (Å²) < 4.78 is 26.9. The van der Waals surface area contributed by atoms with Crippen molar-refractivity contribution in [2.24, 2.45) is 5.73 Å². The third kappa shape index (κ3) is 3.45. The molecule has 1 aromatic carbocycles. The van der Waals surface area contributed by atoms with Gasteiger partial charge in [-0.2, -0.15) is 0 Å². The van der Waals surface area contributed by atoms with E-state index in [2.05, 4.69) is 17.5 Å². The Morgan fingerprint density at radius 3 is 2.71 bits per heavy atom. The first-order valence-electron chi connectivity index (χ1n) is 4.94. The molecule has 1 rings (SSSR count). The fourth-order valence-corrected chi connectivity index (χ4v) is 1.35. The van der Waals surface area contributed by atoms with Gasteiger partial charge in [-0.1, -0.05) is 18.3 Å². The Balaban J connectivity index is 2.82. The van der Waals surface area contributed by atoms with Crippen LogP contribution in [0.4, 0.5) is 8.78 Å². The van der Waals surface area contributed by atoms with Crippen molar-refractivity contribution in [2.45, 2.75) is 13.3 Å². The Morgan fingerprint density at radius 2 is 2.12 bits per heavy atom. The van der Waals surface area contributed by atoms with Crippen molar-refractivity contribution >= 4 is 23.1 Å². The fraction of sp³-hybridized carbons (Fsp3) is 0.273. The van der Waals surface area contributed by atoms with Gasteiger partial charge >= 0.3 is 0 Å². The largest absolute Gasteiger partial charge is 0.393 e. The van der Waals surface area contributed by atoms with Crippen LogP contribution in [0, 0.1) is 18.6 Å². The van der Waals surface area contributed by atoms with Crippen LogP contribution in [0.25, 0.3) is 0 Å². The first kappa shape index (κ1) is 13.5. The van der Waals surface area contributed by atoms with Gasteiger partial charge in [-0.15, -0.1) is 0 Å². The Morgan fingerprint density at radius 1 is 1.47 bits per heavy atom. The Labute approximate surface area is 103 Å². The maximum Gasteiger partial charge on any atom is 0.257 e. The molecule has 0 atom stereocenters. The van der Waals surface area contributed by atoms with Gasteiger partial charge in [-0.05, 0) is 18.6 Å². The van der Waals surface area contributed by atoms with Crippen LogP contribution in [-0.4, -0.2) is 17.4 Å². The van der Waals surface area contributed by atoms with Crippen LogP contribution in [0.5, 0.6) is 0 Å². The molecule has 0 heterocycles. The quantitative estimate of drug-likeness (QED) is 0.808. The second-order valence-electron chi connectivity index (χ2n) is 3.53. The second kappa shape index (κ2) is 5.67. The molecule has 0 aliphatic rings. The summed E-state index contributed by atoms with van der Waals surface area (Å²) >= 11 is 4.61. The lowest BCUT2D eigenvalue weighted by atomic mass is 10.1. The van der Waals surface area contributed by atoms with Gasteiger partial charge in [-0.3, -0.25) is 4.79 Å². The number of hydrogen-bond donors (Lipinski definition) is 2. The van der Waals surface area contributed by atoms with E-state index in [0.29, 0.717) is 0 Å². The molecule has 92 valence electrons. The number of aryl methyl sites for hydroxylation is 1. The van der Waals surface area contributed by atoms with E-state index in [4.69, 9.17) is 5.73 Å². The molecule has 0 bridgehead atoms. The number of halogens is 2. The maximum atomic E-state index is 13.5. The molecule has 0 unspecified atom stereocenters. The van der Waals surface area contributed by atoms with E-state index in [1.807, 2.05) is 0 Å². The van der Waals surface area contributed by atoms with Crippen LogP contribution < -0.4 is 11.1 Å². The average molecular weight is 258 g/mol. The zero-order valence-electron chi connectivity index (χ0n) is 9.22. The summed E-state index contributed by atoms with van der Waals surface area (Å²) in [6.07, 6.45) is 0.288. The van der Waals surface area contributed by atoms with Gasteiger partial charge in [0.05, 0.1) is 4.99 Å². The zero-order valence-corrected chi connectivity index (χ0v) is 10.0. The number of nitrogens with one attached hydrogen (secondary N) is 1. The summed E-state index contributed by atoms with van der Waals surface area (Å²) in [5.74, 6) is -2.54. The summed E-state index contributed by atoms with van der Waals surface area (Å²) in [4.78, 5) is 11.8. The van der Waals surface area contributed by atoms with E-state index in [9.17, 15) is 13.6 Å². The van der Waals surface area contributed by atoms with Crippen molar-refractivity contribution in [1.29, 1.82) is 0 Å². The molecule has 0 spiro atoms. The second-order valence-corrected chi connectivity index (χ2v) is 4.05. The summed E-state index contributed by atoms with van der Waals surface area (Å²) in [5.41, 5.74) is 4.87. The van der Waals surface area contributed by atoms with Crippen molar-refractivity contribution in [3.63, 3.8) is 0 Å². The number of thiocarbonyl (C=S) groups is 1. The monoisotopic (exact) mass is 258 g/mol. The van der Waals surface area contributed by atoms with Crippen molar-refractivity contribution in [3.05, 3.63) is 34.9 Å². The predicted molar refractivity (Wildman–Crippen MR) is 64.8 cm³/mol. The van der Waals surface area contributed by atoms with E-state index < -0.39 is 23.1 Å². The first-order chi connectivity index (χ1) is 7.93. The fourth-order valence-electron chi connectivity index (χ4n) is 1.25. The van der Waals surface area contributed by atoms with Crippen molar-refractivity contribution in [1.82, 2.24) is 5.32 Å². The summed E-state index contributed by atoms with van der Waals surface area (Å²) in [5, 5.41) is 2.35. The minimum absolute atomic E-state index is 0.154. The van der Waals surface area contributed by atoms with E-state index in [-0.39, 0.29) is 23.5 Å². The highest BCUT2D eigenvalue weighted by Gasteiger charge is 2.18. The lowest BCUT2D eigenvalue weighted by Gasteiger charge is -2.08. The molecule has 3 N–H and O–H groups in total. The van der Waals surface area contributed by atoms with Crippen molar-refractivity contribution in [3.8, 4) is 0 Å². The molecular formula is C11H12F2N2OS. The molecule has 0 aliphatic heterocycles. The number of benzene rings is 1. The van der Waals surface area contributed by atoms with Crippen molar-refractivity contribution in [2.75, 3.05) is 6.54 Å². The molecule has 1 amide bonds. The molecule has 1 aromatic rings. The Hall–Kier alpha value is -1.56. The third-order valence-corrected chi connectivity index (χ3v) is 2.37.